The lowest BCUT2D eigenvalue weighted by Crippen LogP contribution is -2.49. The molecule has 39 heavy (non-hydrogen) atoms. The first-order chi connectivity index (χ1) is 19.0. The Kier molecular flexibility index (Phi) is 8.16. The average molecular weight is 531 g/mol. The highest BCUT2D eigenvalue weighted by atomic mass is 16.5. The molecule has 3 heterocycles. The maximum Gasteiger partial charge on any atom is 0.318 e. The smallest absolute Gasteiger partial charge is 0.318 e. The second kappa shape index (κ2) is 11.9. The zero-order valence-corrected chi connectivity index (χ0v) is 23.0. The standard InChI is InChI=1S/C30H38N6O3/c1-4-28(38)34-13-15-35(16-14-34)29-25-11-12-36(27-20-23(37)19-22-9-7-8-10-24(22)27)21-26(25)31-30(32-29)39-18-17-33(5-2)6-3/h4,7-10,19-20,37H,1,5-6,11-18,21H2,2-3H3. The van der Waals surface area contributed by atoms with Crippen molar-refractivity contribution in [3.8, 4) is 11.8 Å². The lowest BCUT2D eigenvalue weighted by molar-refractivity contribution is -0.126. The van der Waals surface area contributed by atoms with Gasteiger partial charge in [0.2, 0.25) is 5.91 Å². The Morgan fingerprint density at radius 1 is 1.08 bits per heavy atom. The molecule has 1 fully saturated rings. The van der Waals surface area contributed by atoms with Crippen molar-refractivity contribution in [1.82, 2.24) is 19.8 Å². The highest BCUT2D eigenvalue weighted by Gasteiger charge is 2.29. The van der Waals surface area contributed by atoms with E-state index < -0.39 is 0 Å². The third-order valence-electron chi connectivity index (χ3n) is 7.79. The largest absolute Gasteiger partial charge is 0.508 e. The zero-order valence-electron chi connectivity index (χ0n) is 23.0. The SMILES string of the molecule is C=CC(=O)N1CCN(c2nc(OCCN(CC)CC)nc3c2CCN(c2cc(O)cc4ccccc24)C3)CC1. The number of hydrogen-bond acceptors (Lipinski definition) is 8. The van der Waals surface area contributed by atoms with E-state index in [1.54, 1.807) is 6.07 Å². The summed E-state index contributed by atoms with van der Waals surface area (Å²) in [5.41, 5.74) is 3.08. The van der Waals surface area contributed by atoms with Crippen LogP contribution in [-0.2, 0) is 17.8 Å². The van der Waals surface area contributed by atoms with Gasteiger partial charge < -0.3 is 29.4 Å². The van der Waals surface area contributed by atoms with E-state index >= 15 is 0 Å². The summed E-state index contributed by atoms with van der Waals surface area (Å²) in [6, 6.07) is 12.2. The maximum absolute atomic E-state index is 12.1. The van der Waals surface area contributed by atoms with Crippen LogP contribution in [0, 0.1) is 0 Å². The number of carbonyl (C=O) groups excluding carboxylic acids is 1. The number of phenols is 1. The van der Waals surface area contributed by atoms with E-state index in [1.807, 2.05) is 29.2 Å². The monoisotopic (exact) mass is 530 g/mol. The Balaban J connectivity index is 1.44. The van der Waals surface area contributed by atoms with E-state index in [9.17, 15) is 9.90 Å². The van der Waals surface area contributed by atoms with Crippen LogP contribution in [0.3, 0.4) is 0 Å². The van der Waals surface area contributed by atoms with Gasteiger partial charge >= 0.3 is 6.01 Å². The van der Waals surface area contributed by atoms with Gasteiger partial charge in [0, 0.05) is 62.0 Å². The molecule has 206 valence electrons. The molecule has 1 saturated heterocycles. The van der Waals surface area contributed by atoms with Crippen molar-refractivity contribution >= 4 is 28.2 Å². The fourth-order valence-electron chi connectivity index (χ4n) is 5.53. The molecule has 5 rings (SSSR count). The number of piperazine rings is 1. The van der Waals surface area contributed by atoms with Crippen LogP contribution in [-0.4, -0.2) is 89.7 Å². The van der Waals surface area contributed by atoms with Crippen LogP contribution in [0.15, 0.2) is 49.1 Å². The van der Waals surface area contributed by atoms with Crippen molar-refractivity contribution in [2.75, 3.05) is 68.8 Å². The lowest BCUT2D eigenvalue weighted by atomic mass is 10.0. The molecule has 0 radical (unpaired) electrons. The molecular weight excluding hydrogens is 492 g/mol. The quantitative estimate of drug-likeness (QED) is 0.421. The molecule has 1 N–H and O–H groups in total. The number of ether oxygens (including phenoxy) is 1. The lowest BCUT2D eigenvalue weighted by Gasteiger charge is -2.38. The number of hydrogen-bond donors (Lipinski definition) is 1. The van der Waals surface area contributed by atoms with Crippen LogP contribution in [0.25, 0.3) is 10.8 Å². The van der Waals surface area contributed by atoms with E-state index in [2.05, 4.69) is 41.2 Å². The normalized spacial score (nSPS) is 15.5. The molecule has 3 aromatic rings. The highest BCUT2D eigenvalue weighted by Crippen LogP contribution is 2.36. The minimum absolute atomic E-state index is 0.0335. The van der Waals surface area contributed by atoms with Crippen LogP contribution in [0.2, 0.25) is 0 Å². The number of nitrogens with zero attached hydrogens (tertiary/aromatic N) is 6. The number of anilines is 2. The van der Waals surface area contributed by atoms with Crippen molar-refractivity contribution in [2.45, 2.75) is 26.8 Å². The molecule has 0 spiro atoms. The fraction of sp³-hybridized carbons (Fsp3) is 0.433. The summed E-state index contributed by atoms with van der Waals surface area (Å²) in [7, 11) is 0. The van der Waals surface area contributed by atoms with E-state index in [1.165, 1.54) is 6.08 Å². The van der Waals surface area contributed by atoms with Crippen molar-refractivity contribution < 1.29 is 14.6 Å². The number of fused-ring (bicyclic) bond motifs is 2. The summed E-state index contributed by atoms with van der Waals surface area (Å²) in [6.45, 7) is 15.2. The minimum Gasteiger partial charge on any atom is -0.508 e. The summed E-state index contributed by atoms with van der Waals surface area (Å²) in [6.07, 6.45) is 2.16. The third-order valence-corrected chi connectivity index (χ3v) is 7.79. The molecule has 0 atom stereocenters. The maximum atomic E-state index is 12.1. The molecule has 1 aromatic heterocycles. The van der Waals surface area contributed by atoms with Crippen molar-refractivity contribution in [3.05, 3.63) is 60.3 Å². The number of amides is 1. The van der Waals surface area contributed by atoms with Gasteiger partial charge in [0.05, 0.1) is 12.2 Å². The van der Waals surface area contributed by atoms with Crippen LogP contribution in [0.1, 0.15) is 25.1 Å². The number of aromatic nitrogens is 2. The van der Waals surface area contributed by atoms with Gasteiger partial charge in [-0.2, -0.15) is 9.97 Å². The summed E-state index contributed by atoms with van der Waals surface area (Å²) in [5, 5.41) is 12.6. The van der Waals surface area contributed by atoms with Gasteiger partial charge in [-0.15, -0.1) is 0 Å². The molecule has 1 amide bonds. The summed E-state index contributed by atoms with van der Waals surface area (Å²) in [5.74, 6) is 1.13. The van der Waals surface area contributed by atoms with Crippen LogP contribution in [0.4, 0.5) is 11.5 Å². The summed E-state index contributed by atoms with van der Waals surface area (Å²) >= 11 is 0. The second-order valence-electron chi connectivity index (χ2n) is 10.0. The highest BCUT2D eigenvalue weighted by molar-refractivity contribution is 5.95. The fourth-order valence-corrected chi connectivity index (χ4v) is 5.53. The number of aromatic hydroxyl groups is 1. The predicted molar refractivity (Wildman–Crippen MR) is 155 cm³/mol. The topological polar surface area (TPSA) is 85.3 Å². The Morgan fingerprint density at radius 3 is 2.59 bits per heavy atom. The van der Waals surface area contributed by atoms with E-state index in [-0.39, 0.29) is 11.7 Å². The third kappa shape index (κ3) is 5.78. The average Bonchev–Trinajstić information content (AvgIpc) is 2.97. The Bertz CT molecular complexity index is 1330. The molecule has 2 aromatic carbocycles. The second-order valence-corrected chi connectivity index (χ2v) is 10.0. The zero-order chi connectivity index (χ0) is 27.4. The molecular formula is C30H38N6O3. The number of likely N-dealkylation sites (N-methyl/N-ethyl adjacent to an activating group) is 1. The summed E-state index contributed by atoms with van der Waals surface area (Å²) < 4.78 is 6.12. The molecule has 9 nitrogen and oxygen atoms in total. The van der Waals surface area contributed by atoms with Gasteiger partial charge in [-0.25, -0.2) is 0 Å². The van der Waals surface area contributed by atoms with E-state index in [0.29, 0.717) is 45.3 Å². The van der Waals surface area contributed by atoms with Crippen molar-refractivity contribution in [2.24, 2.45) is 0 Å². The Morgan fingerprint density at radius 2 is 1.85 bits per heavy atom. The van der Waals surface area contributed by atoms with E-state index in [0.717, 1.165) is 66.1 Å². The first-order valence-corrected chi connectivity index (χ1v) is 13.9. The number of phenolic OH excluding ortho intramolecular Hbond substituents is 1. The Hall–Kier alpha value is -3.85. The minimum atomic E-state index is -0.0335. The molecule has 2 aliphatic heterocycles. The van der Waals surface area contributed by atoms with Gasteiger partial charge in [0.1, 0.15) is 18.2 Å². The first-order valence-electron chi connectivity index (χ1n) is 13.9. The first kappa shape index (κ1) is 26.7. The summed E-state index contributed by atoms with van der Waals surface area (Å²) in [4.78, 5) is 30.6. The van der Waals surface area contributed by atoms with Gasteiger partial charge in [-0.1, -0.05) is 44.7 Å². The van der Waals surface area contributed by atoms with Gasteiger partial charge in [0.15, 0.2) is 0 Å². The number of benzene rings is 2. The van der Waals surface area contributed by atoms with Crippen molar-refractivity contribution in [1.29, 1.82) is 0 Å². The number of rotatable bonds is 9. The van der Waals surface area contributed by atoms with Crippen molar-refractivity contribution in [3.63, 3.8) is 0 Å². The van der Waals surface area contributed by atoms with Crippen LogP contribution in [0.5, 0.6) is 11.8 Å². The molecule has 0 aliphatic carbocycles. The molecule has 0 saturated carbocycles. The molecule has 0 unspecified atom stereocenters. The van der Waals surface area contributed by atoms with E-state index in [4.69, 9.17) is 14.7 Å². The van der Waals surface area contributed by atoms with Crippen LogP contribution >= 0.6 is 0 Å². The van der Waals surface area contributed by atoms with Gasteiger partial charge in [-0.3, -0.25) is 4.79 Å². The predicted octanol–water partition coefficient (Wildman–Crippen LogP) is 3.45. The molecule has 2 aliphatic rings. The van der Waals surface area contributed by atoms with Gasteiger partial charge in [0.25, 0.3) is 0 Å². The van der Waals surface area contributed by atoms with Crippen LogP contribution < -0.4 is 14.5 Å². The molecule has 0 bridgehead atoms. The van der Waals surface area contributed by atoms with Gasteiger partial charge in [-0.05, 0) is 37.0 Å². The Labute approximate surface area is 230 Å². The molecule has 9 heteroatoms. The number of carbonyl (C=O) groups is 1.